The number of nitrogens with zero attached hydrogens (tertiary/aromatic N) is 3. The van der Waals surface area contributed by atoms with Crippen molar-refractivity contribution in [1.29, 1.82) is 0 Å². The van der Waals surface area contributed by atoms with Gasteiger partial charge in [-0.1, -0.05) is 38.1 Å². The van der Waals surface area contributed by atoms with Crippen LogP contribution in [0.15, 0.2) is 36.4 Å². The van der Waals surface area contributed by atoms with Crippen molar-refractivity contribution in [2.45, 2.75) is 76.8 Å². The van der Waals surface area contributed by atoms with E-state index in [0.717, 1.165) is 66.0 Å². The van der Waals surface area contributed by atoms with E-state index in [4.69, 9.17) is 14.5 Å². The van der Waals surface area contributed by atoms with Gasteiger partial charge in [0.05, 0.1) is 42.4 Å². The largest absolute Gasteiger partial charge is 0.481 e. The number of methoxy groups -OCH3 is 1. The van der Waals surface area contributed by atoms with Crippen LogP contribution in [0.4, 0.5) is 10.5 Å². The van der Waals surface area contributed by atoms with Crippen molar-refractivity contribution < 1.29 is 24.2 Å². The molecule has 0 aliphatic carbocycles. The number of hydrogen-bond acceptors (Lipinski definition) is 5. The van der Waals surface area contributed by atoms with Gasteiger partial charge in [-0.3, -0.25) is 9.69 Å². The van der Waals surface area contributed by atoms with E-state index in [1.807, 2.05) is 43.3 Å². The lowest BCUT2D eigenvalue weighted by molar-refractivity contribution is -0.138. The number of ether oxygens (including phenoxy) is 2. The maximum absolute atomic E-state index is 12.6. The van der Waals surface area contributed by atoms with E-state index in [1.165, 1.54) is 12.7 Å². The lowest BCUT2D eigenvalue weighted by atomic mass is 9.92. The van der Waals surface area contributed by atoms with Gasteiger partial charge < -0.3 is 19.1 Å². The highest BCUT2D eigenvalue weighted by Crippen LogP contribution is 2.39. The van der Waals surface area contributed by atoms with Crippen LogP contribution in [0.5, 0.6) is 0 Å². The molecule has 1 amide bonds. The lowest BCUT2D eigenvalue weighted by Crippen LogP contribution is -2.42. The first kappa shape index (κ1) is 26.2. The first-order valence-corrected chi connectivity index (χ1v) is 13.6. The summed E-state index contributed by atoms with van der Waals surface area (Å²) in [6, 6.07) is 12.0. The van der Waals surface area contributed by atoms with Crippen LogP contribution in [0.25, 0.3) is 11.0 Å². The minimum Gasteiger partial charge on any atom is -0.481 e. The van der Waals surface area contributed by atoms with E-state index in [0.29, 0.717) is 12.5 Å². The summed E-state index contributed by atoms with van der Waals surface area (Å²) in [5, 5.41) is 10.3. The standard InChI is InChI=1S/C30H37N3O5/c1-18(2)20-8-10-21(11-9-20)24(29(34)35)16-27-31-28-23-12-7-19(3)32(30(36)37-4)25(23)13-14-26(28)33(27)22-6-5-15-38-17-22/h8-11,13-14,18-19,22,24H,5-7,12,15-17H2,1-4H3,(H,34,35)/t19-,22-,24?/m0/s1. The molecule has 0 radical (unpaired) electrons. The van der Waals surface area contributed by atoms with Gasteiger partial charge in [0.2, 0.25) is 0 Å². The molecule has 1 fully saturated rings. The number of imidazole rings is 1. The van der Waals surface area contributed by atoms with Crippen molar-refractivity contribution >= 4 is 28.8 Å². The zero-order valence-electron chi connectivity index (χ0n) is 22.6. The van der Waals surface area contributed by atoms with Crippen LogP contribution < -0.4 is 4.90 Å². The molecule has 2 aliphatic heterocycles. The van der Waals surface area contributed by atoms with E-state index < -0.39 is 11.9 Å². The lowest BCUT2D eigenvalue weighted by Gasteiger charge is -2.34. The number of carbonyl (C=O) groups is 2. The van der Waals surface area contributed by atoms with Gasteiger partial charge in [0.15, 0.2) is 0 Å². The maximum atomic E-state index is 12.6. The van der Waals surface area contributed by atoms with Crippen LogP contribution >= 0.6 is 0 Å². The summed E-state index contributed by atoms with van der Waals surface area (Å²) in [7, 11) is 1.40. The Morgan fingerprint density at radius 1 is 1.13 bits per heavy atom. The number of fused-ring (bicyclic) bond motifs is 3. The van der Waals surface area contributed by atoms with E-state index in [-0.39, 0.29) is 24.6 Å². The van der Waals surface area contributed by atoms with Crippen molar-refractivity contribution in [3.05, 3.63) is 58.9 Å². The highest BCUT2D eigenvalue weighted by Gasteiger charge is 2.33. The topological polar surface area (TPSA) is 93.9 Å². The van der Waals surface area contributed by atoms with E-state index >= 15 is 0 Å². The monoisotopic (exact) mass is 519 g/mol. The Labute approximate surface area is 223 Å². The van der Waals surface area contributed by atoms with E-state index in [2.05, 4.69) is 18.4 Å². The molecule has 5 rings (SSSR count). The number of benzene rings is 2. The second-order valence-corrected chi connectivity index (χ2v) is 10.8. The van der Waals surface area contributed by atoms with Gasteiger partial charge in [0.25, 0.3) is 0 Å². The second-order valence-electron chi connectivity index (χ2n) is 10.8. The Kier molecular flexibility index (Phi) is 7.43. The van der Waals surface area contributed by atoms with Crippen molar-refractivity contribution in [2.24, 2.45) is 0 Å². The summed E-state index contributed by atoms with van der Waals surface area (Å²) in [4.78, 5) is 32.0. The SMILES string of the molecule is COC(=O)N1c2ccc3c(nc(CC(C(=O)O)c4ccc(C(C)C)cc4)n3[C@H]3CCCOC3)c2CC[C@@H]1C. The molecule has 2 aliphatic rings. The van der Waals surface area contributed by atoms with Gasteiger partial charge >= 0.3 is 12.1 Å². The number of carboxylic acid groups (broad SMARTS) is 1. The minimum atomic E-state index is -0.867. The molecule has 1 saturated heterocycles. The van der Waals surface area contributed by atoms with Crippen LogP contribution in [0, 0.1) is 0 Å². The molecule has 202 valence electrons. The third-order valence-electron chi connectivity index (χ3n) is 8.09. The molecule has 3 atom stereocenters. The molecule has 8 heteroatoms. The highest BCUT2D eigenvalue weighted by atomic mass is 16.5. The first-order chi connectivity index (χ1) is 18.3. The zero-order chi connectivity index (χ0) is 27.0. The summed E-state index contributed by atoms with van der Waals surface area (Å²) in [5.41, 5.74) is 5.58. The molecule has 3 heterocycles. The molecule has 38 heavy (non-hydrogen) atoms. The number of aliphatic carboxylic acids is 1. The number of carbonyl (C=O) groups excluding carboxylic acids is 1. The van der Waals surface area contributed by atoms with Crippen molar-refractivity contribution in [2.75, 3.05) is 25.2 Å². The molecule has 0 saturated carbocycles. The average molecular weight is 520 g/mol. The fourth-order valence-electron chi connectivity index (χ4n) is 5.95. The fourth-order valence-corrected chi connectivity index (χ4v) is 5.95. The molecular formula is C30H37N3O5. The number of hydrogen-bond donors (Lipinski definition) is 1. The van der Waals surface area contributed by atoms with Crippen LogP contribution in [-0.2, 0) is 27.1 Å². The summed E-state index contributed by atoms with van der Waals surface area (Å²) in [6.45, 7) is 7.58. The number of anilines is 1. The molecule has 2 aromatic carbocycles. The Hall–Kier alpha value is -3.39. The second kappa shape index (κ2) is 10.8. The average Bonchev–Trinajstić information content (AvgIpc) is 3.30. The summed E-state index contributed by atoms with van der Waals surface area (Å²) in [5.74, 6) is -0.471. The smallest absolute Gasteiger partial charge is 0.414 e. The number of carboxylic acids is 1. The zero-order valence-corrected chi connectivity index (χ0v) is 22.6. The molecule has 1 unspecified atom stereocenters. The highest BCUT2D eigenvalue weighted by molar-refractivity contribution is 5.95. The van der Waals surface area contributed by atoms with Crippen LogP contribution in [-0.4, -0.2) is 53.1 Å². The molecule has 1 N–H and O–H groups in total. The van der Waals surface area contributed by atoms with E-state index in [9.17, 15) is 14.7 Å². The number of rotatable bonds is 6. The van der Waals surface area contributed by atoms with Gasteiger partial charge in [0, 0.05) is 24.6 Å². The molecule has 3 aromatic rings. The fraction of sp³-hybridized carbons (Fsp3) is 0.500. The number of amides is 1. The van der Waals surface area contributed by atoms with Gasteiger partial charge in [-0.2, -0.15) is 0 Å². The molecule has 0 spiro atoms. The summed E-state index contributed by atoms with van der Waals surface area (Å²) in [6.07, 6.45) is 3.37. The summed E-state index contributed by atoms with van der Waals surface area (Å²) < 4.78 is 13.1. The maximum Gasteiger partial charge on any atom is 0.414 e. The predicted octanol–water partition coefficient (Wildman–Crippen LogP) is 5.83. The molecule has 0 bridgehead atoms. The van der Waals surface area contributed by atoms with Crippen molar-refractivity contribution in [3.63, 3.8) is 0 Å². The third-order valence-corrected chi connectivity index (χ3v) is 8.09. The van der Waals surface area contributed by atoms with Crippen molar-refractivity contribution in [1.82, 2.24) is 9.55 Å². The Balaban J connectivity index is 1.62. The normalized spacial score (nSPS) is 20.4. The van der Waals surface area contributed by atoms with Gasteiger partial charge in [0.1, 0.15) is 5.82 Å². The number of aromatic nitrogens is 2. The molecule has 1 aromatic heterocycles. The Morgan fingerprint density at radius 3 is 2.50 bits per heavy atom. The number of aryl methyl sites for hydroxylation is 1. The van der Waals surface area contributed by atoms with Crippen LogP contribution in [0.1, 0.15) is 80.4 Å². The van der Waals surface area contributed by atoms with Gasteiger partial charge in [-0.15, -0.1) is 0 Å². The van der Waals surface area contributed by atoms with Crippen LogP contribution in [0.2, 0.25) is 0 Å². The van der Waals surface area contributed by atoms with Gasteiger partial charge in [-0.05, 0) is 61.8 Å². The molecular weight excluding hydrogens is 482 g/mol. The molecule has 8 nitrogen and oxygen atoms in total. The Bertz CT molecular complexity index is 1320. The van der Waals surface area contributed by atoms with Crippen molar-refractivity contribution in [3.8, 4) is 0 Å². The van der Waals surface area contributed by atoms with Gasteiger partial charge in [-0.25, -0.2) is 9.78 Å². The third kappa shape index (κ3) is 4.77. The Morgan fingerprint density at radius 2 is 1.87 bits per heavy atom. The van der Waals surface area contributed by atoms with Crippen LogP contribution in [0.3, 0.4) is 0 Å². The quantitative estimate of drug-likeness (QED) is 0.440. The minimum absolute atomic E-state index is 0.0194. The summed E-state index contributed by atoms with van der Waals surface area (Å²) >= 11 is 0. The first-order valence-electron chi connectivity index (χ1n) is 13.6. The van der Waals surface area contributed by atoms with E-state index in [1.54, 1.807) is 4.90 Å². The predicted molar refractivity (Wildman–Crippen MR) is 146 cm³/mol.